The Balaban J connectivity index is 2.10. The van der Waals surface area contributed by atoms with Gasteiger partial charge >= 0.3 is 0 Å². The fourth-order valence-electron chi connectivity index (χ4n) is 1.73. The lowest BCUT2D eigenvalue weighted by Crippen LogP contribution is -2.18. The van der Waals surface area contributed by atoms with Gasteiger partial charge in [-0.25, -0.2) is 0 Å². The molecule has 1 heterocycles. The van der Waals surface area contributed by atoms with Crippen molar-refractivity contribution in [1.29, 1.82) is 0 Å². The highest BCUT2D eigenvalue weighted by Gasteiger charge is 2.28. The molecule has 1 aromatic rings. The van der Waals surface area contributed by atoms with Gasteiger partial charge in [0.1, 0.15) is 6.61 Å². The average molecular weight is 222 g/mol. The number of fused-ring (bicyclic) bond motifs is 1. The van der Waals surface area contributed by atoms with Crippen LogP contribution in [0.1, 0.15) is 18.4 Å². The van der Waals surface area contributed by atoms with E-state index in [1.54, 1.807) is 11.8 Å². The minimum atomic E-state index is 0.0396. The molecule has 80 valence electrons. The van der Waals surface area contributed by atoms with Gasteiger partial charge in [-0.15, -0.1) is 11.8 Å². The molecular formula is C12H14O2S. The van der Waals surface area contributed by atoms with Gasteiger partial charge in [-0.1, -0.05) is 18.2 Å². The molecule has 15 heavy (non-hydrogen) atoms. The fraction of sp³-hybridized carbons (Fsp3) is 0.417. The minimum Gasteiger partial charge on any atom is -0.374 e. The second-order valence-corrected chi connectivity index (χ2v) is 4.57. The zero-order valence-electron chi connectivity index (χ0n) is 8.73. The first-order valence-electron chi connectivity index (χ1n) is 5.15. The van der Waals surface area contributed by atoms with Gasteiger partial charge in [0.15, 0.2) is 5.78 Å². The summed E-state index contributed by atoms with van der Waals surface area (Å²) in [6, 6.07) is 8.13. The van der Waals surface area contributed by atoms with Gasteiger partial charge in [-0.2, -0.15) is 0 Å². The predicted molar refractivity (Wildman–Crippen MR) is 61.4 cm³/mol. The van der Waals surface area contributed by atoms with Gasteiger partial charge < -0.3 is 4.74 Å². The Morgan fingerprint density at radius 2 is 2.33 bits per heavy atom. The molecule has 0 bridgehead atoms. The van der Waals surface area contributed by atoms with E-state index in [0.717, 1.165) is 5.75 Å². The zero-order valence-corrected chi connectivity index (χ0v) is 9.55. The van der Waals surface area contributed by atoms with Crippen LogP contribution in [0.2, 0.25) is 0 Å². The first kappa shape index (κ1) is 10.7. The van der Waals surface area contributed by atoms with Crippen LogP contribution in [0.4, 0.5) is 0 Å². The first-order chi connectivity index (χ1) is 7.33. The Labute approximate surface area is 94.0 Å². The number of rotatable bonds is 4. The van der Waals surface area contributed by atoms with E-state index in [9.17, 15) is 4.79 Å². The molecule has 1 aliphatic rings. The van der Waals surface area contributed by atoms with E-state index in [4.69, 9.17) is 4.74 Å². The summed E-state index contributed by atoms with van der Waals surface area (Å²) in [4.78, 5) is 13.1. The molecule has 3 heteroatoms. The monoisotopic (exact) mass is 222 g/mol. The van der Waals surface area contributed by atoms with Crippen molar-refractivity contribution in [2.45, 2.75) is 17.7 Å². The molecule has 0 saturated heterocycles. The van der Waals surface area contributed by atoms with Crippen molar-refractivity contribution in [2.24, 2.45) is 0 Å². The number of hydrogen-bond acceptors (Lipinski definition) is 3. The van der Waals surface area contributed by atoms with E-state index < -0.39 is 0 Å². The van der Waals surface area contributed by atoms with Crippen molar-refractivity contribution in [3.8, 4) is 0 Å². The van der Waals surface area contributed by atoms with E-state index in [1.165, 1.54) is 10.5 Å². The van der Waals surface area contributed by atoms with Gasteiger partial charge in [0.05, 0.1) is 5.92 Å². The summed E-state index contributed by atoms with van der Waals surface area (Å²) >= 11 is 1.76. The number of Topliss-reactive ketones (excluding diaryl/α,β-unsaturated/α-hetero) is 1. The maximum absolute atomic E-state index is 11.8. The fourth-order valence-corrected chi connectivity index (χ4v) is 3.00. The summed E-state index contributed by atoms with van der Waals surface area (Å²) in [6.45, 7) is 2.76. The maximum atomic E-state index is 11.8. The van der Waals surface area contributed by atoms with Gasteiger partial charge in [-0.3, -0.25) is 4.79 Å². The minimum absolute atomic E-state index is 0.0396. The van der Waals surface area contributed by atoms with E-state index in [-0.39, 0.29) is 18.3 Å². The first-order valence-corrected chi connectivity index (χ1v) is 6.13. The summed E-state index contributed by atoms with van der Waals surface area (Å²) in [5.41, 5.74) is 1.17. The second-order valence-electron chi connectivity index (χ2n) is 3.50. The molecule has 0 spiro atoms. The highest BCUT2D eigenvalue weighted by Crippen LogP contribution is 2.39. The van der Waals surface area contributed by atoms with Crippen LogP contribution in [0, 0.1) is 0 Å². The highest BCUT2D eigenvalue weighted by atomic mass is 32.2. The van der Waals surface area contributed by atoms with Crippen LogP contribution in [0.5, 0.6) is 0 Å². The van der Waals surface area contributed by atoms with Gasteiger partial charge in [0.2, 0.25) is 0 Å². The van der Waals surface area contributed by atoms with Gasteiger partial charge in [0, 0.05) is 17.3 Å². The molecule has 1 atom stereocenters. The quantitative estimate of drug-likeness (QED) is 0.783. The molecule has 0 saturated carbocycles. The van der Waals surface area contributed by atoms with Crippen LogP contribution >= 0.6 is 11.8 Å². The normalized spacial score (nSPS) is 18.9. The largest absolute Gasteiger partial charge is 0.374 e. The Hall–Kier alpha value is -0.800. The summed E-state index contributed by atoms with van der Waals surface area (Å²) < 4.78 is 5.16. The Kier molecular flexibility index (Phi) is 3.44. The van der Waals surface area contributed by atoms with Gasteiger partial charge in [0.25, 0.3) is 0 Å². The summed E-state index contributed by atoms with van der Waals surface area (Å²) in [5, 5.41) is 0. The van der Waals surface area contributed by atoms with Crippen LogP contribution in [-0.2, 0) is 9.53 Å². The third kappa shape index (κ3) is 2.24. The maximum Gasteiger partial charge on any atom is 0.166 e. The van der Waals surface area contributed by atoms with Gasteiger partial charge in [-0.05, 0) is 18.6 Å². The Morgan fingerprint density at radius 3 is 3.13 bits per heavy atom. The van der Waals surface area contributed by atoms with Crippen molar-refractivity contribution in [2.75, 3.05) is 19.0 Å². The highest BCUT2D eigenvalue weighted by molar-refractivity contribution is 7.99. The summed E-state index contributed by atoms with van der Waals surface area (Å²) in [5.74, 6) is 1.11. The smallest absolute Gasteiger partial charge is 0.166 e. The second kappa shape index (κ2) is 4.81. The Morgan fingerprint density at radius 1 is 1.53 bits per heavy atom. The standard InChI is InChI=1S/C12H14O2S/c1-2-14-7-11(13)10-8-15-12-6-4-3-5-9(10)12/h3-6,10H,2,7-8H2,1H3. The topological polar surface area (TPSA) is 26.3 Å². The van der Waals surface area contributed by atoms with Crippen molar-refractivity contribution >= 4 is 17.5 Å². The van der Waals surface area contributed by atoms with Crippen LogP contribution in [0.3, 0.4) is 0 Å². The van der Waals surface area contributed by atoms with Crippen LogP contribution in [-0.4, -0.2) is 24.7 Å². The van der Waals surface area contributed by atoms with Crippen LogP contribution in [0.25, 0.3) is 0 Å². The molecule has 1 unspecified atom stereocenters. The molecule has 0 amide bonds. The number of ether oxygens (including phenoxy) is 1. The van der Waals surface area contributed by atoms with E-state index in [0.29, 0.717) is 6.61 Å². The zero-order chi connectivity index (χ0) is 10.7. The molecular weight excluding hydrogens is 208 g/mol. The summed E-state index contributed by atoms with van der Waals surface area (Å²) in [7, 11) is 0. The summed E-state index contributed by atoms with van der Waals surface area (Å²) in [6.07, 6.45) is 0. The number of ketones is 1. The molecule has 0 N–H and O–H groups in total. The van der Waals surface area contributed by atoms with E-state index >= 15 is 0 Å². The number of benzene rings is 1. The SMILES string of the molecule is CCOCC(=O)C1CSc2ccccc21. The Bertz CT molecular complexity index is 362. The molecule has 2 rings (SSSR count). The number of hydrogen-bond donors (Lipinski definition) is 0. The molecule has 1 aliphatic heterocycles. The number of carbonyl (C=O) groups excluding carboxylic acids is 1. The molecule has 0 aliphatic carbocycles. The van der Waals surface area contributed by atoms with Crippen molar-refractivity contribution in [3.05, 3.63) is 29.8 Å². The van der Waals surface area contributed by atoms with Crippen molar-refractivity contribution < 1.29 is 9.53 Å². The van der Waals surface area contributed by atoms with E-state index in [1.807, 2.05) is 25.1 Å². The predicted octanol–water partition coefficient (Wildman–Crippen LogP) is 2.48. The van der Waals surface area contributed by atoms with Crippen molar-refractivity contribution in [3.63, 3.8) is 0 Å². The average Bonchev–Trinajstić information content (AvgIpc) is 2.69. The van der Waals surface area contributed by atoms with Crippen molar-refractivity contribution in [1.82, 2.24) is 0 Å². The van der Waals surface area contributed by atoms with Crippen LogP contribution in [0.15, 0.2) is 29.2 Å². The number of carbonyl (C=O) groups is 1. The number of thioether (sulfide) groups is 1. The third-order valence-electron chi connectivity index (χ3n) is 2.54. The lowest BCUT2D eigenvalue weighted by molar-refractivity contribution is -0.124. The molecule has 2 nitrogen and oxygen atoms in total. The molecule has 0 fully saturated rings. The molecule has 0 aromatic heterocycles. The van der Waals surface area contributed by atoms with E-state index in [2.05, 4.69) is 6.07 Å². The third-order valence-corrected chi connectivity index (χ3v) is 3.72. The van der Waals surface area contributed by atoms with Crippen LogP contribution < -0.4 is 0 Å². The lowest BCUT2D eigenvalue weighted by Gasteiger charge is -2.08. The molecule has 0 radical (unpaired) electrons. The molecule has 1 aromatic carbocycles. The lowest BCUT2D eigenvalue weighted by atomic mass is 9.97.